The molecule has 1 saturated carbocycles. The lowest BCUT2D eigenvalue weighted by Gasteiger charge is -2.23. The van der Waals surface area contributed by atoms with Crippen LogP contribution in [0.4, 0.5) is 4.39 Å². The molecule has 154 valence electrons. The lowest BCUT2D eigenvalue weighted by Crippen LogP contribution is -2.44. The van der Waals surface area contributed by atoms with Crippen LogP contribution in [0.5, 0.6) is 5.75 Å². The summed E-state index contributed by atoms with van der Waals surface area (Å²) < 4.78 is 71.3. The third kappa shape index (κ3) is 6.70. The van der Waals surface area contributed by atoms with Gasteiger partial charge in [-0.25, -0.2) is 30.7 Å². The first-order valence-corrected chi connectivity index (χ1v) is 12.3. The molecule has 0 aliphatic heterocycles. The van der Waals surface area contributed by atoms with E-state index in [0.29, 0.717) is 24.2 Å². The van der Waals surface area contributed by atoms with Crippen LogP contribution >= 0.6 is 0 Å². The minimum atomic E-state index is -3.40. The zero-order valence-corrected chi connectivity index (χ0v) is 17.4. The second kappa shape index (κ2) is 8.85. The van der Waals surface area contributed by atoms with Gasteiger partial charge in [-0.05, 0) is 51.2 Å². The van der Waals surface area contributed by atoms with Gasteiger partial charge in [-0.3, -0.25) is 0 Å². The van der Waals surface area contributed by atoms with Crippen LogP contribution in [0.3, 0.4) is 0 Å². The average molecular weight is 423 g/mol. The molecule has 0 heterocycles. The number of nitrogens with one attached hydrogen (secondary N) is 2. The lowest BCUT2D eigenvalue weighted by molar-refractivity contribution is 0.184. The summed E-state index contributed by atoms with van der Waals surface area (Å²) in [7, 11) is -6.72. The molecule has 0 unspecified atom stereocenters. The maximum Gasteiger partial charge on any atom is 0.214 e. The van der Waals surface area contributed by atoms with Gasteiger partial charge in [0.1, 0.15) is 17.7 Å². The third-order valence-corrected chi connectivity index (χ3v) is 7.06. The smallest absolute Gasteiger partial charge is 0.214 e. The Morgan fingerprint density at radius 3 is 2.52 bits per heavy atom. The number of benzene rings is 1. The van der Waals surface area contributed by atoms with E-state index in [4.69, 9.17) is 4.74 Å². The molecule has 0 aromatic heterocycles. The molecule has 0 radical (unpaired) electrons. The zero-order chi connectivity index (χ0) is 20.2. The highest BCUT2D eigenvalue weighted by Crippen LogP contribution is 2.27. The molecular weight excluding hydrogens is 395 g/mol. The molecule has 1 aromatic rings. The van der Waals surface area contributed by atoms with Gasteiger partial charge < -0.3 is 4.74 Å². The molecular formula is C17H27FN2O5S2. The first kappa shape index (κ1) is 22.1. The molecule has 7 nitrogen and oxygen atoms in total. The molecule has 0 spiro atoms. The van der Waals surface area contributed by atoms with E-state index in [1.807, 2.05) is 0 Å². The fourth-order valence-electron chi connectivity index (χ4n) is 2.90. The second-order valence-electron chi connectivity index (χ2n) is 7.08. The molecule has 0 amide bonds. The SMILES string of the molecule is CC(C)S(=O)(=O)N[C@H]1CCC[C@H]1Oc1ccc(CCNS(C)(=O)=O)c(F)c1. The van der Waals surface area contributed by atoms with E-state index >= 15 is 0 Å². The molecule has 1 aliphatic rings. The molecule has 1 aromatic carbocycles. The molecule has 0 bridgehead atoms. The van der Waals surface area contributed by atoms with E-state index < -0.39 is 31.1 Å². The highest BCUT2D eigenvalue weighted by atomic mass is 32.2. The largest absolute Gasteiger partial charge is 0.489 e. The van der Waals surface area contributed by atoms with Crippen LogP contribution in [0, 0.1) is 5.82 Å². The van der Waals surface area contributed by atoms with Gasteiger partial charge in [-0.2, -0.15) is 0 Å². The van der Waals surface area contributed by atoms with Gasteiger partial charge in [0.15, 0.2) is 0 Å². The summed E-state index contributed by atoms with van der Waals surface area (Å²) in [4.78, 5) is 0. The number of ether oxygens (including phenoxy) is 1. The van der Waals surface area contributed by atoms with Crippen molar-refractivity contribution >= 4 is 20.0 Å². The summed E-state index contributed by atoms with van der Waals surface area (Å²) in [6.07, 6.45) is 3.11. The van der Waals surface area contributed by atoms with Crippen LogP contribution in [0.2, 0.25) is 0 Å². The topological polar surface area (TPSA) is 102 Å². The minimum absolute atomic E-state index is 0.109. The summed E-state index contributed by atoms with van der Waals surface area (Å²) in [5.41, 5.74) is 0.377. The van der Waals surface area contributed by atoms with Crippen LogP contribution in [0.15, 0.2) is 18.2 Å². The first-order valence-electron chi connectivity index (χ1n) is 8.89. The number of sulfonamides is 2. The monoisotopic (exact) mass is 422 g/mol. The van der Waals surface area contributed by atoms with Crippen LogP contribution < -0.4 is 14.2 Å². The number of halogens is 1. The Labute approximate surface area is 160 Å². The Balaban J connectivity index is 1.99. The fraction of sp³-hybridized carbons (Fsp3) is 0.647. The zero-order valence-electron chi connectivity index (χ0n) is 15.7. The summed E-state index contributed by atoms with van der Waals surface area (Å²) in [5, 5.41) is -0.531. The summed E-state index contributed by atoms with van der Waals surface area (Å²) >= 11 is 0. The van der Waals surface area contributed by atoms with E-state index in [1.165, 1.54) is 6.07 Å². The van der Waals surface area contributed by atoms with Crippen molar-refractivity contribution in [1.82, 2.24) is 9.44 Å². The maximum atomic E-state index is 14.2. The van der Waals surface area contributed by atoms with Gasteiger partial charge in [0.2, 0.25) is 20.0 Å². The minimum Gasteiger partial charge on any atom is -0.489 e. The maximum absolute atomic E-state index is 14.2. The fourth-order valence-corrected chi connectivity index (χ4v) is 4.34. The predicted octanol–water partition coefficient (Wildman–Crippen LogP) is 1.55. The van der Waals surface area contributed by atoms with Crippen molar-refractivity contribution in [3.8, 4) is 5.75 Å². The van der Waals surface area contributed by atoms with E-state index in [9.17, 15) is 21.2 Å². The Morgan fingerprint density at radius 1 is 1.22 bits per heavy atom. The van der Waals surface area contributed by atoms with Crippen LogP contribution in [-0.4, -0.2) is 47.0 Å². The van der Waals surface area contributed by atoms with Crippen molar-refractivity contribution in [2.45, 2.75) is 56.9 Å². The van der Waals surface area contributed by atoms with Crippen LogP contribution in [0.1, 0.15) is 38.7 Å². The lowest BCUT2D eigenvalue weighted by atomic mass is 10.1. The molecule has 2 atom stereocenters. The molecule has 27 heavy (non-hydrogen) atoms. The molecule has 2 N–H and O–H groups in total. The Bertz CT molecular complexity index is 856. The Kier molecular flexibility index (Phi) is 7.23. The molecule has 10 heteroatoms. The second-order valence-corrected chi connectivity index (χ2v) is 11.2. The molecule has 0 saturated heterocycles. The van der Waals surface area contributed by atoms with Crippen molar-refractivity contribution in [1.29, 1.82) is 0 Å². The van der Waals surface area contributed by atoms with Crippen molar-refractivity contribution < 1.29 is 26.0 Å². The normalized spacial score (nSPS) is 20.9. The molecule has 2 rings (SSSR count). The van der Waals surface area contributed by atoms with Gasteiger partial charge in [-0.1, -0.05) is 6.07 Å². The number of rotatable bonds is 9. The van der Waals surface area contributed by atoms with Crippen molar-refractivity contribution in [2.75, 3.05) is 12.8 Å². The Hall–Kier alpha value is -1.23. The van der Waals surface area contributed by atoms with Crippen molar-refractivity contribution in [2.24, 2.45) is 0 Å². The van der Waals surface area contributed by atoms with E-state index in [0.717, 1.165) is 12.7 Å². The Morgan fingerprint density at radius 2 is 1.93 bits per heavy atom. The third-order valence-electron chi connectivity index (χ3n) is 4.46. The van der Waals surface area contributed by atoms with Gasteiger partial charge >= 0.3 is 0 Å². The number of hydrogen-bond acceptors (Lipinski definition) is 5. The van der Waals surface area contributed by atoms with Crippen molar-refractivity contribution in [3.05, 3.63) is 29.6 Å². The highest BCUT2D eigenvalue weighted by Gasteiger charge is 2.33. The van der Waals surface area contributed by atoms with Gasteiger partial charge in [0, 0.05) is 12.6 Å². The van der Waals surface area contributed by atoms with Crippen molar-refractivity contribution in [3.63, 3.8) is 0 Å². The molecule has 1 fully saturated rings. The summed E-state index contributed by atoms with van der Waals surface area (Å²) in [5.74, 6) is -0.159. The van der Waals surface area contributed by atoms with Gasteiger partial charge in [0.25, 0.3) is 0 Å². The summed E-state index contributed by atoms with van der Waals surface area (Å²) in [6, 6.07) is 4.09. The molecule has 1 aliphatic carbocycles. The summed E-state index contributed by atoms with van der Waals surface area (Å²) in [6.45, 7) is 3.33. The van der Waals surface area contributed by atoms with Gasteiger partial charge in [0.05, 0.1) is 17.5 Å². The predicted molar refractivity (Wildman–Crippen MR) is 102 cm³/mol. The number of hydrogen-bond donors (Lipinski definition) is 2. The highest BCUT2D eigenvalue weighted by molar-refractivity contribution is 7.90. The first-order chi connectivity index (χ1) is 12.5. The quantitative estimate of drug-likeness (QED) is 0.629. The standard InChI is InChI=1S/C17H27FN2O5S2/c1-12(2)27(23,24)20-16-5-4-6-17(16)25-14-8-7-13(15(18)11-14)9-10-19-26(3,21)22/h7-8,11-12,16-17,19-20H,4-6,9-10H2,1-3H3/t16-,17+/m0/s1. The van der Waals surface area contributed by atoms with E-state index in [2.05, 4.69) is 9.44 Å². The van der Waals surface area contributed by atoms with Gasteiger partial charge in [-0.15, -0.1) is 0 Å². The van der Waals surface area contributed by atoms with E-state index in [1.54, 1.807) is 26.0 Å². The average Bonchev–Trinajstić information content (AvgIpc) is 2.94. The van der Waals surface area contributed by atoms with E-state index in [-0.39, 0.29) is 25.1 Å². The van der Waals surface area contributed by atoms with Crippen LogP contribution in [0.25, 0.3) is 0 Å². The van der Waals surface area contributed by atoms with Crippen LogP contribution in [-0.2, 0) is 26.5 Å².